The van der Waals surface area contributed by atoms with Crippen molar-refractivity contribution < 1.29 is 14.1 Å². The Morgan fingerprint density at radius 3 is 2.81 bits per heavy atom. The molecule has 2 amide bonds. The first-order valence-electron chi connectivity index (χ1n) is 9.16. The van der Waals surface area contributed by atoms with Crippen molar-refractivity contribution >= 4 is 11.8 Å². The Balaban J connectivity index is 1.70. The van der Waals surface area contributed by atoms with Crippen molar-refractivity contribution in [3.05, 3.63) is 29.5 Å². The summed E-state index contributed by atoms with van der Waals surface area (Å²) in [4.78, 5) is 34.6. The van der Waals surface area contributed by atoms with E-state index in [1.54, 1.807) is 18.1 Å². The van der Waals surface area contributed by atoms with Crippen LogP contribution in [0.5, 0.6) is 0 Å². The predicted octanol–water partition coefficient (Wildman–Crippen LogP) is 1.70. The highest BCUT2D eigenvalue weighted by atomic mass is 16.5. The lowest BCUT2D eigenvalue weighted by molar-refractivity contribution is -0.128. The molecule has 1 saturated heterocycles. The Morgan fingerprint density at radius 2 is 2.22 bits per heavy atom. The molecule has 1 fully saturated rings. The molecule has 2 aromatic heterocycles. The first kappa shape index (κ1) is 19.0. The number of nitrogens with one attached hydrogen (secondary N) is 1. The lowest BCUT2D eigenvalue weighted by Crippen LogP contribution is -2.33. The minimum atomic E-state index is -0.282. The summed E-state index contributed by atoms with van der Waals surface area (Å²) in [5.41, 5.74) is 2.38. The highest BCUT2D eigenvalue weighted by Crippen LogP contribution is 2.24. The van der Waals surface area contributed by atoms with E-state index in [1.807, 2.05) is 26.8 Å². The molecule has 0 radical (unpaired) electrons. The Bertz CT molecular complexity index is 846. The summed E-state index contributed by atoms with van der Waals surface area (Å²) < 4.78 is 5.36. The summed E-state index contributed by atoms with van der Waals surface area (Å²) in [6, 6.07) is 1.84. The lowest BCUT2D eigenvalue weighted by atomic mass is 10.1. The zero-order valence-electron chi connectivity index (χ0n) is 16.2. The largest absolute Gasteiger partial charge is 0.356 e. The van der Waals surface area contributed by atoms with Crippen LogP contribution in [0.2, 0.25) is 0 Å². The van der Waals surface area contributed by atoms with Gasteiger partial charge in [-0.3, -0.25) is 9.59 Å². The van der Waals surface area contributed by atoms with Gasteiger partial charge in [0, 0.05) is 51.2 Å². The fourth-order valence-corrected chi connectivity index (χ4v) is 3.09. The van der Waals surface area contributed by atoms with Gasteiger partial charge in [-0.2, -0.15) is 0 Å². The smallest absolute Gasteiger partial charge is 0.225 e. The third kappa shape index (κ3) is 4.32. The van der Waals surface area contributed by atoms with Gasteiger partial charge in [-0.1, -0.05) is 19.0 Å². The van der Waals surface area contributed by atoms with Crippen LogP contribution in [-0.2, 0) is 16.0 Å². The number of hydrogen-bond donors (Lipinski definition) is 1. The average Bonchev–Trinajstić information content (AvgIpc) is 3.20. The fourth-order valence-electron chi connectivity index (χ4n) is 3.09. The molecule has 0 aromatic carbocycles. The quantitative estimate of drug-likeness (QED) is 0.829. The molecule has 8 heteroatoms. The molecule has 0 spiro atoms. The van der Waals surface area contributed by atoms with Gasteiger partial charge in [0.05, 0.1) is 22.9 Å². The number of amides is 2. The first-order chi connectivity index (χ1) is 12.8. The van der Waals surface area contributed by atoms with Gasteiger partial charge in [0.1, 0.15) is 5.82 Å². The maximum Gasteiger partial charge on any atom is 0.225 e. The van der Waals surface area contributed by atoms with Crippen molar-refractivity contribution in [3.8, 4) is 11.3 Å². The van der Waals surface area contributed by atoms with E-state index in [0.29, 0.717) is 25.3 Å². The number of aromatic nitrogens is 3. The Kier molecular flexibility index (Phi) is 5.53. The minimum absolute atomic E-state index is 0.00972. The third-order valence-electron chi connectivity index (χ3n) is 4.67. The van der Waals surface area contributed by atoms with Crippen molar-refractivity contribution in [1.82, 2.24) is 25.3 Å². The topological polar surface area (TPSA) is 101 Å². The summed E-state index contributed by atoms with van der Waals surface area (Å²) in [7, 11) is 1.72. The van der Waals surface area contributed by atoms with Crippen molar-refractivity contribution in [2.75, 3.05) is 20.1 Å². The molecule has 3 rings (SSSR count). The Morgan fingerprint density at radius 1 is 1.44 bits per heavy atom. The second kappa shape index (κ2) is 7.85. The summed E-state index contributed by atoms with van der Waals surface area (Å²) >= 11 is 0. The van der Waals surface area contributed by atoms with Crippen LogP contribution in [0.1, 0.15) is 43.4 Å². The molecule has 8 nitrogen and oxygen atoms in total. The first-order valence-corrected chi connectivity index (χ1v) is 9.16. The van der Waals surface area contributed by atoms with Crippen LogP contribution in [0, 0.1) is 12.8 Å². The number of carbonyl (C=O) groups is 2. The SMILES string of the molecule is Cc1cc(-c2cnc(C(C)C)nc2CCNC(=O)C2CC(=O)N(C)C2)on1. The van der Waals surface area contributed by atoms with Crippen LogP contribution >= 0.6 is 0 Å². The van der Waals surface area contributed by atoms with E-state index in [0.717, 1.165) is 22.8 Å². The summed E-state index contributed by atoms with van der Waals surface area (Å²) in [5.74, 6) is 1.20. The molecule has 0 saturated carbocycles. The second-order valence-electron chi connectivity index (χ2n) is 7.29. The Hall–Kier alpha value is -2.77. The van der Waals surface area contributed by atoms with Crippen LogP contribution in [-0.4, -0.2) is 52.0 Å². The molecular formula is C19H25N5O3. The molecule has 1 unspecified atom stereocenters. The van der Waals surface area contributed by atoms with Gasteiger partial charge in [0.2, 0.25) is 11.8 Å². The normalized spacial score (nSPS) is 17.0. The third-order valence-corrected chi connectivity index (χ3v) is 4.67. The van der Waals surface area contributed by atoms with E-state index in [4.69, 9.17) is 4.52 Å². The molecule has 1 aliphatic heterocycles. The van der Waals surface area contributed by atoms with Gasteiger partial charge < -0.3 is 14.7 Å². The number of hydrogen-bond acceptors (Lipinski definition) is 6. The van der Waals surface area contributed by atoms with Crippen molar-refractivity contribution in [2.24, 2.45) is 5.92 Å². The maximum absolute atomic E-state index is 12.3. The molecule has 0 bridgehead atoms. The molecule has 0 aliphatic carbocycles. The number of carbonyl (C=O) groups excluding carboxylic acids is 2. The van der Waals surface area contributed by atoms with Crippen LogP contribution < -0.4 is 5.32 Å². The van der Waals surface area contributed by atoms with E-state index in [2.05, 4.69) is 20.4 Å². The van der Waals surface area contributed by atoms with Gasteiger partial charge in [-0.05, 0) is 6.92 Å². The zero-order chi connectivity index (χ0) is 19.6. The van der Waals surface area contributed by atoms with Gasteiger partial charge in [-0.15, -0.1) is 0 Å². The van der Waals surface area contributed by atoms with E-state index < -0.39 is 0 Å². The maximum atomic E-state index is 12.3. The van der Waals surface area contributed by atoms with Crippen LogP contribution in [0.4, 0.5) is 0 Å². The molecule has 3 heterocycles. The molecule has 27 heavy (non-hydrogen) atoms. The molecule has 144 valence electrons. The summed E-state index contributed by atoms with van der Waals surface area (Å²) in [5, 5.41) is 6.85. The standard InChI is InChI=1S/C19H25N5O3/c1-11(2)18-21-9-14(16-7-12(3)23-27-16)15(22-18)5-6-20-19(26)13-8-17(25)24(4)10-13/h7,9,11,13H,5-6,8,10H2,1-4H3,(H,20,26). The monoisotopic (exact) mass is 371 g/mol. The number of aryl methyl sites for hydroxylation is 1. The van der Waals surface area contributed by atoms with E-state index in [-0.39, 0.29) is 30.1 Å². The second-order valence-corrected chi connectivity index (χ2v) is 7.29. The number of nitrogens with zero attached hydrogens (tertiary/aromatic N) is 4. The van der Waals surface area contributed by atoms with Gasteiger partial charge >= 0.3 is 0 Å². The summed E-state index contributed by atoms with van der Waals surface area (Å²) in [6.07, 6.45) is 2.57. The number of likely N-dealkylation sites (tertiary alicyclic amines) is 1. The van der Waals surface area contributed by atoms with Crippen LogP contribution in [0.3, 0.4) is 0 Å². The highest BCUT2D eigenvalue weighted by Gasteiger charge is 2.31. The average molecular weight is 371 g/mol. The minimum Gasteiger partial charge on any atom is -0.356 e. The summed E-state index contributed by atoms with van der Waals surface area (Å²) in [6.45, 7) is 6.83. The van der Waals surface area contributed by atoms with Gasteiger partial charge in [0.25, 0.3) is 0 Å². The molecule has 1 N–H and O–H groups in total. The molecule has 1 aliphatic rings. The predicted molar refractivity (Wildman–Crippen MR) is 98.8 cm³/mol. The van der Waals surface area contributed by atoms with E-state index in [9.17, 15) is 9.59 Å². The van der Waals surface area contributed by atoms with Gasteiger partial charge in [0.15, 0.2) is 5.76 Å². The molecule has 1 atom stereocenters. The number of rotatable bonds is 6. The fraction of sp³-hybridized carbons (Fsp3) is 0.526. The van der Waals surface area contributed by atoms with Crippen LogP contribution in [0.25, 0.3) is 11.3 Å². The highest BCUT2D eigenvalue weighted by molar-refractivity contribution is 5.89. The lowest BCUT2D eigenvalue weighted by Gasteiger charge is -2.13. The van der Waals surface area contributed by atoms with E-state index in [1.165, 1.54) is 0 Å². The zero-order valence-corrected chi connectivity index (χ0v) is 16.2. The molecular weight excluding hydrogens is 346 g/mol. The Labute approximate surface area is 158 Å². The van der Waals surface area contributed by atoms with Gasteiger partial charge in [-0.25, -0.2) is 9.97 Å². The van der Waals surface area contributed by atoms with E-state index >= 15 is 0 Å². The van der Waals surface area contributed by atoms with Crippen molar-refractivity contribution in [3.63, 3.8) is 0 Å². The van der Waals surface area contributed by atoms with Crippen molar-refractivity contribution in [1.29, 1.82) is 0 Å². The molecule has 2 aromatic rings. The van der Waals surface area contributed by atoms with Crippen LogP contribution in [0.15, 0.2) is 16.8 Å². The van der Waals surface area contributed by atoms with Crippen molar-refractivity contribution in [2.45, 2.75) is 39.5 Å².